The van der Waals surface area contributed by atoms with E-state index in [0.29, 0.717) is 25.9 Å². The van der Waals surface area contributed by atoms with Crippen LogP contribution in [-0.4, -0.2) is 18.2 Å². The molecule has 16 heavy (non-hydrogen) atoms. The van der Waals surface area contributed by atoms with Crippen molar-refractivity contribution in [2.45, 2.75) is 12.8 Å². The van der Waals surface area contributed by atoms with E-state index in [4.69, 9.17) is 10.5 Å². The fraction of sp³-hybridized carbons (Fsp3) is 0.333. The summed E-state index contributed by atoms with van der Waals surface area (Å²) in [6.07, 6.45) is 0.808. The minimum atomic E-state index is 0.191. The highest BCUT2D eigenvalue weighted by atomic mass is 16.3. The van der Waals surface area contributed by atoms with E-state index in [2.05, 4.69) is 12.1 Å². The lowest BCUT2D eigenvalue weighted by molar-refractivity contribution is 0.475. The molecule has 0 aliphatic heterocycles. The molecule has 0 aliphatic carbocycles. The molecule has 1 aromatic carbocycles. The summed E-state index contributed by atoms with van der Waals surface area (Å²) in [6, 6.07) is 11.0. The van der Waals surface area contributed by atoms with Gasteiger partial charge in [0.05, 0.1) is 25.0 Å². The zero-order chi connectivity index (χ0) is 11.8. The standard InChI is InChI=1S/C12H13N3O/c13-6-2-8-15(9-3-7-14)11-4-1-5-12(16)10-11/h1,4-5,10,16H,2-3,8-9H2. The molecule has 4 heteroatoms. The molecule has 0 spiro atoms. The van der Waals surface area contributed by atoms with Gasteiger partial charge in [-0.2, -0.15) is 10.5 Å². The number of rotatable bonds is 5. The number of aromatic hydroxyl groups is 1. The zero-order valence-corrected chi connectivity index (χ0v) is 8.93. The van der Waals surface area contributed by atoms with Gasteiger partial charge in [0.15, 0.2) is 0 Å². The highest BCUT2D eigenvalue weighted by Crippen LogP contribution is 2.20. The van der Waals surface area contributed by atoms with Crippen molar-refractivity contribution in [1.82, 2.24) is 0 Å². The summed E-state index contributed by atoms with van der Waals surface area (Å²) in [5.74, 6) is 0.191. The Morgan fingerprint density at radius 2 is 1.75 bits per heavy atom. The van der Waals surface area contributed by atoms with E-state index in [1.807, 2.05) is 11.0 Å². The van der Waals surface area contributed by atoms with Gasteiger partial charge in [0.1, 0.15) is 5.75 Å². The largest absolute Gasteiger partial charge is 0.508 e. The van der Waals surface area contributed by atoms with Gasteiger partial charge in [-0.25, -0.2) is 0 Å². The maximum Gasteiger partial charge on any atom is 0.117 e. The third-order valence-electron chi connectivity index (χ3n) is 2.18. The summed E-state index contributed by atoms with van der Waals surface area (Å²) in [6.45, 7) is 1.14. The number of nitriles is 2. The molecule has 82 valence electrons. The van der Waals surface area contributed by atoms with Gasteiger partial charge in [-0.3, -0.25) is 0 Å². The van der Waals surface area contributed by atoms with E-state index in [1.54, 1.807) is 18.2 Å². The van der Waals surface area contributed by atoms with Gasteiger partial charge in [0.2, 0.25) is 0 Å². The molecule has 1 N–H and O–H groups in total. The molecule has 0 saturated carbocycles. The van der Waals surface area contributed by atoms with E-state index < -0.39 is 0 Å². The zero-order valence-electron chi connectivity index (χ0n) is 8.93. The number of hydrogen-bond acceptors (Lipinski definition) is 4. The van der Waals surface area contributed by atoms with Crippen LogP contribution < -0.4 is 4.90 Å². The molecule has 1 aromatic rings. The summed E-state index contributed by atoms with van der Waals surface area (Å²) >= 11 is 0. The van der Waals surface area contributed by atoms with Crippen LogP contribution in [0.3, 0.4) is 0 Å². The summed E-state index contributed by atoms with van der Waals surface area (Å²) < 4.78 is 0. The first-order chi connectivity index (χ1) is 7.77. The van der Waals surface area contributed by atoms with Gasteiger partial charge >= 0.3 is 0 Å². The number of anilines is 1. The summed E-state index contributed by atoms with van der Waals surface area (Å²) in [5, 5.41) is 26.5. The van der Waals surface area contributed by atoms with Crippen LogP contribution in [0.2, 0.25) is 0 Å². The van der Waals surface area contributed by atoms with Crippen LogP contribution >= 0.6 is 0 Å². The molecule has 0 amide bonds. The Bertz CT molecular complexity index is 399. The molecule has 0 aliphatic rings. The number of benzene rings is 1. The van der Waals surface area contributed by atoms with Crippen molar-refractivity contribution >= 4 is 5.69 Å². The third kappa shape index (κ3) is 3.51. The topological polar surface area (TPSA) is 71.0 Å². The molecule has 0 bridgehead atoms. The molecule has 4 nitrogen and oxygen atoms in total. The van der Waals surface area contributed by atoms with Gasteiger partial charge in [-0.1, -0.05) is 6.07 Å². The number of nitrogens with zero attached hydrogens (tertiary/aromatic N) is 3. The van der Waals surface area contributed by atoms with Gasteiger partial charge in [-0.05, 0) is 12.1 Å². The fourth-order valence-corrected chi connectivity index (χ4v) is 1.43. The van der Waals surface area contributed by atoms with Gasteiger partial charge in [0.25, 0.3) is 0 Å². The van der Waals surface area contributed by atoms with Crippen LogP contribution in [0.15, 0.2) is 24.3 Å². The Kier molecular flexibility index (Phi) is 4.69. The average molecular weight is 215 g/mol. The first kappa shape index (κ1) is 11.9. The van der Waals surface area contributed by atoms with Gasteiger partial charge < -0.3 is 10.0 Å². The first-order valence-corrected chi connectivity index (χ1v) is 5.06. The second-order valence-corrected chi connectivity index (χ2v) is 3.32. The molecular weight excluding hydrogens is 202 g/mol. The third-order valence-corrected chi connectivity index (χ3v) is 2.18. The summed E-state index contributed by atoms with van der Waals surface area (Å²) in [5.41, 5.74) is 0.838. The van der Waals surface area contributed by atoms with Crippen LogP contribution in [0, 0.1) is 22.7 Å². The monoisotopic (exact) mass is 215 g/mol. The van der Waals surface area contributed by atoms with Crippen LogP contribution in [0.1, 0.15) is 12.8 Å². The Labute approximate surface area is 95.0 Å². The maximum absolute atomic E-state index is 9.36. The van der Waals surface area contributed by atoms with Gasteiger partial charge in [0, 0.05) is 24.8 Å². The van der Waals surface area contributed by atoms with Crippen molar-refractivity contribution in [3.05, 3.63) is 24.3 Å². The molecule has 0 heterocycles. The molecule has 0 radical (unpaired) electrons. The molecular formula is C12H13N3O. The summed E-state index contributed by atoms with van der Waals surface area (Å²) in [7, 11) is 0. The van der Waals surface area contributed by atoms with E-state index >= 15 is 0 Å². The van der Waals surface area contributed by atoms with Crippen molar-refractivity contribution in [3.63, 3.8) is 0 Å². The van der Waals surface area contributed by atoms with Crippen molar-refractivity contribution in [2.24, 2.45) is 0 Å². The second-order valence-electron chi connectivity index (χ2n) is 3.32. The summed E-state index contributed by atoms with van der Waals surface area (Å²) in [4.78, 5) is 1.92. The number of phenolic OH excluding ortho intramolecular Hbond substituents is 1. The molecule has 0 unspecified atom stereocenters. The Hall–Kier alpha value is -2.20. The second kappa shape index (κ2) is 6.31. The number of hydrogen-bond donors (Lipinski definition) is 1. The van der Waals surface area contributed by atoms with Crippen LogP contribution in [0.4, 0.5) is 5.69 Å². The van der Waals surface area contributed by atoms with Crippen LogP contribution in [-0.2, 0) is 0 Å². The van der Waals surface area contributed by atoms with Crippen molar-refractivity contribution < 1.29 is 5.11 Å². The molecule has 1 rings (SSSR count). The predicted octanol–water partition coefficient (Wildman–Crippen LogP) is 2.03. The lowest BCUT2D eigenvalue weighted by Gasteiger charge is -2.22. The molecule has 0 fully saturated rings. The van der Waals surface area contributed by atoms with E-state index in [1.165, 1.54) is 0 Å². The SMILES string of the molecule is N#CCCN(CCC#N)c1cccc(O)c1. The first-order valence-electron chi connectivity index (χ1n) is 5.06. The van der Waals surface area contributed by atoms with Crippen molar-refractivity contribution in [2.75, 3.05) is 18.0 Å². The number of phenols is 1. The molecule has 0 atom stereocenters. The van der Waals surface area contributed by atoms with Crippen LogP contribution in [0.25, 0.3) is 0 Å². The maximum atomic E-state index is 9.36. The van der Waals surface area contributed by atoms with Gasteiger partial charge in [-0.15, -0.1) is 0 Å². The minimum Gasteiger partial charge on any atom is -0.508 e. The van der Waals surface area contributed by atoms with Crippen molar-refractivity contribution in [3.8, 4) is 17.9 Å². The van der Waals surface area contributed by atoms with Crippen LogP contribution in [0.5, 0.6) is 5.75 Å². The van der Waals surface area contributed by atoms with E-state index in [9.17, 15) is 5.11 Å². The average Bonchev–Trinajstić information content (AvgIpc) is 2.29. The Morgan fingerprint density at radius 1 is 1.12 bits per heavy atom. The quantitative estimate of drug-likeness (QED) is 0.815. The lowest BCUT2D eigenvalue weighted by atomic mass is 10.2. The molecule has 0 aromatic heterocycles. The fourth-order valence-electron chi connectivity index (χ4n) is 1.43. The lowest BCUT2D eigenvalue weighted by Crippen LogP contribution is -2.25. The highest BCUT2D eigenvalue weighted by Gasteiger charge is 2.06. The van der Waals surface area contributed by atoms with E-state index in [0.717, 1.165) is 5.69 Å². The highest BCUT2D eigenvalue weighted by molar-refractivity contribution is 5.50. The molecule has 0 saturated heterocycles. The Balaban J connectivity index is 2.75. The van der Waals surface area contributed by atoms with Crippen molar-refractivity contribution in [1.29, 1.82) is 10.5 Å². The Morgan fingerprint density at radius 3 is 2.25 bits per heavy atom. The predicted molar refractivity (Wildman–Crippen MR) is 60.8 cm³/mol. The van der Waals surface area contributed by atoms with E-state index in [-0.39, 0.29) is 5.75 Å². The minimum absolute atomic E-state index is 0.191. The normalized spacial score (nSPS) is 9.12. The smallest absolute Gasteiger partial charge is 0.117 e.